The van der Waals surface area contributed by atoms with Gasteiger partial charge in [-0.25, -0.2) is 0 Å². The first-order valence-electron chi connectivity index (χ1n) is 15.1. The van der Waals surface area contributed by atoms with Crippen LogP contribution in [0.2, 0.25) is 0 Å². The lowest BCUT2D eigenvalue weighted by Gasteiger charge is -2.33. The van der Waals surface area contributed by atoms with Gasteiger partial charge in [0.25, 0.3) is 0 Å². The zero-order valence-corrected chi connectivity index (χ0v) is 28.0. The molecule has 3 aromatic carbocycles. The standard InChI is InChI=1S/C38H55NO2/c1-25(28-17-15-14-16-18-28)39(23-26-19-29(35(2,3)4)33(40)30(20-26)36(5,6)7)24-27-21-31(37(8,9)10)34(41)32(22-27)38(11,12)13/h14-22,25,40-41H,23-24H2,1-13H3. The molecule has 0 radical (unpaired) electrons. The normalized spacial score (nSPS) is 14.0. The van der Waals surface area contributed by atoms with Crippen LogP contribution in [-0.2, 0) is 34.7 Å². The molecule has 224 valence electrons. The van der Waals surface area contributed by atoms with Crippen LogP contribution in [0.25, 0.3) is 0 Å². The predicted molar refractivity (Wildman–Crippen MR) is 175 cm³/mol. The average molecular weight is 558 g/mol. The van der Waals surface area contributed by atoms with Gasteiger partial charge in [0, 0.05) is 19.1 Å². The first kappa shape index (κ1) is 32.7. The van der Waals surface area contributed by atoms with E-state index < -0.39 is 0 Å². The lowest BCUT2D eigenvalue weighted by molar-refractivity contribution is 0.191. The van der Waals surface area contributed by atoms with Crippen LogP contribution in [0.5, 0.6) is 11.5 Å². The van der Waals surface area contributed by atoms with Gasteiger partial charge in [-0.3, -0.25) is 4.90 Å². The SMILES string of the molecule is CC(c1ccccc1)N(Cc1cc(C(C)(C)C)c(O)c(C(C)(C)C)c1)Cc1cc(C(C)(C)C)c(O)c(C(C)(C)C)c1. The summed E-state index contributed by atoms with van der Waals surface area (Å²) >= 11 is 0. The summed E-state index contributed by atoms with van der Waals surface area (Å²) in [5.74, 6) is 0.833. The Morgan fingerprint density at radius 3 is 1.10 bits per heavy atom. The highest BCUT2D eigenvalue weighted by Gasteiger charge is 2.29. The van der Waals surface area contributed by atoms with Crippen molar-refractivity contribution in [3.8, 4) is 11.5 Å². The first-order chi connectivity index (χ1) is 18.6. The van der Waals surface area contributed by atoms with Gasteiger partial charge >= 0.3 is 0 Å². The van der Waals surface area contributed by atoms with Gasteiger partial charge < -0.3 is 10.2 Å². The number of phenols is 2. The monoisotopic (exact) mass is 557 g/mol. The minimum Gasteiger partial charge on any atom is -0.507 e. The maximum absolute atomic E-state index is 11.3. The highest BCUT2D eigenvalue weighted by Crippen LogP contribution is 2.42. The number of hydrogen-bond donors (Lipinski definition) is 2. The Morgan fingerprint density at radius 2 is 0.829 bits per heavy atom. The molecule has 0 amide bonds. The molecule has 0 saturated heterocycles. The minimum atomic E-state index is -0.184. The number of benzene rings is 3. The number of hydrogen-bond acceptors (Lipinski definition) is 3. The summed E-state index contributed by atoms with van der Waals surface area (Å²) in [5, 5.41) is 22.7. The fourth-order valence-corrected chi connectivity index (χ4v) is 5.60. The third-order valence-corrected chi connectivity index (χ3v) is 8.17. The van der Waals surface area contributed by atoms with Crippen molar-refractivity contribution in [2.24, 2.45) is 0 Å². The lowest BCUT2D eigenvalue weighted by Crippen LogP contribution is -2.28. The zero-order chi connectivity index (χ0) is 31.1. The second-order valence-electron chi connectivity index (χ2n) is 16.1. The van der Waals surface area contributed by atoms with E-state index in [2.05, 4.69) is 150 Å². The van der Waals surface area contributed by atoms with Crippen LogP contribution in [0.3, 0.4) is 0 Å². The molecule has 0 aliphatic carbocycles. The fourth-order valence-electron chi connectivity index (χ4n) is 5.60. The molecule has 0 aliphatic heterocycles. The Bertz CT molecular complexity index is 1190. The molecule has 3 rings (SSSR count). The van der Waals surface area contributed by atoms with E-state index in [0.29, 0.717) is 11.5 Å². The molecule has 0 aliphatic rings. The Hall–Kier alpha value is -2.78. The van der Waals surface area contributed by atoms with E-state index in [-0.39, 0.29) is 27.7 Å². The number of rotatable bonds is 6. The molecule has 0 heterocycles. The summed E-state index contributed by atoms with van der Waals surface area (Å²) in [6, 6.07) is 19.6. The molecule has 3 nitrogen and oxygen atoms in total. The second kappa shape index (κ2) is 11.5. The third-order valence-electron chi connectivity index (χ3n) is 8.17. The summed E-state index contributed by atoms with van der Waals surface area (Å²) in [7, 11) is 0. The van der Waals surface area contributed by atoms with Gasteiger partial charge in [0.2, 0.25) is 0 Å². The molecule has 0 saturated carbocycles. The zero-order valence-electron chi connectivity index (χ0n) is 28.0. The Morgan fingerprint density at radius 1 is 0.537 bits per heavy atom. The quantitative estimate of drug-likeness (QED) is 0.317. The molecule has 3 aromatic rings. The van der Waals surface area contributed by atoms with Crippen molar-refractivity contribution in [2.45, 2.75) is 131 Å². The van der Waals surface area contributed by atoms with Gasteiger partial charge in [-0.2, -0.15) is 0 Å². The van der Waals surface area contributed by atoms with Crippen molar-refractivity contribution < 1.29 is 10.2 Å². The van der Waals surface area contributed by atoms with Crippen molar-refractivity contribution in [3.63, 3.8) is 0 Å². The molecular weight excluding hydrogens is 502 g/mol. The molecule has 1 atom stereocenters. The summed E-state index contributed by atoms with van der Waals surface area (Å²) < 4.78 is 0. The first-order valence-corrected chi connectivity index (χ1v) is 15.1. The van der Waals surface area contributed by atoms with Crippen LogP contribution in [-0.4, -0.2) is 15.1 Å². The van der Waals surface area contributed by atoms with Gasteiger partial charge in [-0.15, -0.1) is 0 Å². The lowest BCUT2D eigenvalue weighted by atomic mass is 9.78. The summed E-state index contributed by atoms with van der Waals surface area (Å²) in [5.41, 5.74) is 6.88. The Balaban J connectivity index is 2.20. The third kappa shape index (κ3) is 7.74. The average Bonchev–Trinajstić information content (AvgIpc) is 2.82. The molecule has 1 unspecified atom stereocenters. The molecule has 0 fully saturated rings. The molecule has 2 N–H and O–H groups in total. The van der Waals surface area contributed by atoms with E-state index in [1.165, 1.54) is 16.7 Å². The summed E-state index contributed by atoms with van der Waals surface area (Å²) in [4.78, 5) is 2.52. The van der Waals surface area contributed by atoms with Crippen LogP contribution in [0, 0.1) is 0 Å². The number of nitrogens with zero attached hydrogens (tertiary/aromatic N) is 1. The topological polar surface area (TPSA) is 43.7 Å². The summed E-state index contributed by atoms with van der Waals surface area (Å²) in [6.07, 6.45) is 0. The van der Waals surface area contributed by atoms with Crippen LogP contribution >= 0.6 is 0 Å². The van der Waals surface area contributed by atoms with Crippen molar-refractivity contribution >= 4 is 0 Å². The molecule has 0 bridgehead atoms. The van der Waals surface area contributed by atoms with Gasteiger partial charge in [0.05, 0.1) is 0 Å². The molecule has 0 aromatic heterocycles. The largest absolute Gasteiger partial charge is 0.507 e. The molecule has 0 spiro atoms. The second-order valence-corrected chi connectivity index (χ2v) is 16.1. The van der Waals surface area contributed by atoms with Crippen LogP contribution < -0.4 is 0 Å². The van der Waals surface area contributed by atoms with Gasteiger partial charge in [-0.1, -0.05) is 138 Å². The van der Waals surface area contributed by atoms with Gasteiger partial charge in [0.15, 0.2) is 0 Å². The highest BCUT2D eigenvalue weighted by molar-refractivity contribution is 5.51. The van der Waals surface area contributed by atoms with Crippen LogP contribution in [0.1, 0.15) is 135 Å². The van der Waals surface area contributed by atoms with E-state index in [1.807, 2.05) is 0 Å². The van der Waals surface area contributed by atoms with Crippen molar-refractivity contribution in [3.05, 3.63) is 93.5 Å². The molecule has 3 heteroatoms. The van der Waals surface area contributed by atoms with Gasteiger partial charge in [-0.05, 0) is 67.5 Å². The smallest absolute Gasteiger partial charge is 0.123 e. The summed E-state index contributed by atoms with van der Waals surface area (Å²) in [6.45, 7) is 29.8. The fraction of sp³-hybridized carbons (Fsp3) is 0.526. The number of aromatic hydroxyl groups is 2. The molecule has 41 heavy (non-hydrogen) atoms. The minimum absolute atomic E-state index is 0.158. The van der Waals surface area contributed by atoms with E-state index in [0.717, 1.165) is 35.3 Å². The van der Waals surface area contributed by atoms with E-state index in [4.69, 9.17) is 0 Å². The Kier molecular flexibility index (Phi) is 9.16. The van der Waals surface area contributed by atoms with Crippen molar-refractivity contribution in [1.29, 1.82) is 0 Å². The van der Waals surface area contributed by atoms with Crippen molar-refractivity contribution in [2.75, 3.05) is 0 Å². The van der Waals surface area contributed by atoms with Crippen LogP contribution in [0.4, 0.5) is 0 Å². The van der Waals surface area contributed by atoms with Crippen molar-refractivity contribution in [1.82, 2.24) is 4.90 Å². The maximum atomic E-state index is 11.3. The highest BCUT2D eigenvalue weighted by atomic mass is 16.3. The predicted octanol–water partition coefficient (Wildman–Crippen LogP) is 10.1. The Labute approximate surface area is 250 Å². The van der Waals surface area contributed by atoms with E-state index in [1.54, 1.807) is 0 Å². The van der Waals surface area contributed by atoms with Gasteiger partial charge in [0.1, 0.15) is 11.5 Å². The van der Waals surface area contributed by atoms with Crippen LogP contribution in [0.15, 0.2) is 54.6 Å². The number of phenolic OH excluding ortho intramolecular Hbond substituents is 2. The molecular formula is C38H55NO2. The maximum Gasteiger partial charge on any atom is 0.123 e. The van der Waals surface area contributed by atoms with E-state index in [9.17, 15) is 10.2 Å². The van der Waals surface area contributed by atoms with E-state index >= 15 is 0 Å².